The number of hydrogen-bond donors (Lipinski definition) is 0. The summed E-state index contributed by atoms with van der Waals surface area (Å²) in [7, 11) is 3.27. The van der Waals surface area contributed by atoms with Crippen LogP contribution in [0.4, 0.5) is 0 Å². The predicted octanol–water partition coefficient (Wildman–Crippen LogP) is 1.99. The summed E-state index contributed by atoms with van der Waals surface area (Å²) in [6, 6.07) is 16.5. The van der Waals surface area contributed by atoms with Crippen molar-refractivity contribution in [2.45, 2.75) is 12.5 Å². The number of likely N-dealkylation sites (N-methyl/N-ethyl adjacent to an activating group) is 1. The zero-order valence-corrected chi connectivity index (χ0v) is 15.6. The molecule has 0 unspecified atom stereocenters. The molecule has 6 heteroatoms. The number of carbonyl (C=O) groups is 2. The minimum Gasteiger partial charge on any atom is -0.497 e. The molecule has 0 N–H and O–H groups in total. The first-order valence-corrected chi connectivity index (χ1v) is 8.93. The van der Waals surface area contributed by atoms with Crippen LogP contribution in [0.5, 0.6) is 11.5 Å². The van der Waals surface area contributed by atoms with Gasteiger partial charge < -0.3 is 19.3 Å². The van der Waals surface area contributed by atoms with Crippen LogP contribution in [0.15, 0.2) is 54.6 Å². The number of methoxy groups -OCH3 is 1. The first-order chi connectivity index (χ1) is 13.1. The Bertz CT molecular complexity index is 794. The van der Waals surface area contributed by atoms with Crippen LogP contribution >= 0.6 is 0 Å². The van der Waals surface area contributed by atoms with Gasteiger partial charge in [0.1, 0.15) is 24.1 Å². The number of piperazine rings is 1. The maximum absolute atomic E-state index is 12.7. The van der Waals surface area contributed by atoms with Gasteiger partial charge in [-0.1, -0.05) is 36.4 Å². The molecule has 0 aliphatic carbocycles. The van der Waals surface area contributed by atoms with Crippen LogP contribution in [0.1, 0.15) is 5.56 Å². The fraction of sp³-hybridized carbons (Fsp3) is 0.333. The molecule has 2 aromatic carbocycles. The second kappa shape index (κ2) is 8.58. The van der Waals surface area contributed by atoms with E-state index in [1.54, 1.807) is 25.1 Å². The quantitative estimate of drug-likeness (QED) is 0.750. The van der Waals surface area contributed by atoms with Crippen LogP contribution in [0, 0.1) is 0 Å². The van der Waals surface area contributed by atoms with Gasteiger partial charge in [-0.3, -0.25) is 9.59 Å². The average molecular weight is 368 g/mol. The first-order valence-electron chi connectivity index (χ1n) is 8.93. The lowest BCUT2D eigenvalue weighted by atomic mass is 10.0. The lowest BCUT2D eigenvalue weighted by Gasteiger charge is -2.38. The largest absolute Gasteiger partial charge is 0.497 e. The Morgan fingerprint density at radius 2 is 1.78 bits per heavy atom. The monoisotopic (exact) mass is 368 g/mol. The second-order valence-electron chi connectivity index (χ2n) is 6.51. The van der Waals surface area contributed by atoms with Crippen molar-refractivity contribution in [2.24, 2.45) is 0 Å². The van der Waals surface area contributed by atoms with Gasteiger partial charge in [-0.15, -0.1) is 0 Å². The Morgan fingerprint density at radius 1 is 1.04 bits per heavy atom. The standard InChI is InChI=1S/C21H24N2O4/c1-22-15-20(24)23(11-12-27-18-10-6-9-17(14-18)26-2)19(21(22)25)13-16-7-4-3-5-8-16/h3-10,14,19H,11-13,15H2,1-2H3/t19-/m0/s1. The Hall–Kier alpha value is -3.02. The highest BCUT2D eigenvalue weighted by molar-refractivity contribution is 5.94. The van der Waals surface area contributed by atoms with Crippen molar-refractivity contribution >= 4 is 11.8 Å². The minimum absolute atomic E-state index is 0.0418. The molecule has 27 heavy (non-hydrogen) atoms. The zero-order valence-electron chi connectivity index (χ0n) is 15.6. The second-order valence-corrected chi connectivity index (χ2v) is 6.51. The molecular formula is C21H24N2O4. The number of benzene rings is 2. The molecule has 1 aliphatic heterocycles. The molecule has 2 amide bonds. The average Bonchev–Trinajstić information content (AvgIpc) is 2.69. The molecule has 3 rings (SSSR count). The van der Waals surface area contributed by atoms with Gasteiger partial charge in [-0.25, -0.2) is 0 Å². The third-order valence-electron chi connectivity index (χ3n) is 4.64. The number of hydrogen-bond acceptors (Lipinski definition) is 4. The first kappa shape index (κ1) is 18.8. The summed E-state index contributed by atoms with van der Waals surface area (Å²) >= 11 is 0. The van der Waals surface area contributed by atoms with E-state index in [2.05, 4.69) is 0 Å². The van der Waals surface area contributed by atoms with Crippen LogP contribution < -0.4 is 9.47 Å². The highest BCUT2D eigenvalue weighted by Crippen LogP contribution is 2.20. The number of nitrogens with zero attached hydrogens (tertiary/aromatic N) is 2. The van der Waals surface area contributed by atoms with Crippen molar-refractivity contribution < 1.29 is 19.1 Å². The molecule has 142 valence electrons. The maximum Gasteiger partial charge on any atom is 0.245 e. The summed E-state index contributed by atoms with van der Waals surface area (Å²) in [5, 5.41) is 0. The molecule has 1 fully saturated rings. The van der Waals surface area contributed by atoms with Gasteiger partial charge in [0.15, 0.2) is 0 Å². The van der Waals surface area contributed by atoms with Crippen molar-refractivity contribution in [1.82, 2.24) is 9.80 Å². The van der Waals surface area contributed by atoms with E-state index in [4.69, 9.17) is 9.47 Å². The number of ether oxygens (including phenoxy) is 2. The van der Waals surface area contributed by atoms with Crippen molar-refractivity contribution in [2.75, 3.05) is 33.9 Å². The van der Waals surface area contributed by atoms with Crippen LogP contribution in [0.2, 0.25) is 0 Å². The van der Waals surface area contributed by atoms with Gasteiger partial charge >= 0.3 is 0 Å². The third kappa shape index (κ3) is 4.58. The normalized spacial score (nSPS) is 17.2. The van der Waals surface area contributed by atoms with E-state index in [1.807, 2.05) is 48.5 Å². The fourth-order valence-electron chi connectivity index (χ4n) is 3.20. The van der Waals surface area contributed by atoms with E-state index in [0.717, 1.165) is 5.56 Å². The van der Waals surface area contributed by atoms with Crippen LogP contribution in [-0.2, 0) is 16.0 Å². The van der Waals surface area contributed by atoms with Gasteiger partial charge in [0.25, 0.3) is 0 Å². The van der Waals surface area contributed by atoms with Crippen LogP contribution in [0.25, 0.3) is 0 Å². The molecule has 6 nitrogen and oxygen atoms in total. The topological polar surface area (TPSA) is 59.1 Å². The van der Waals surface area contributed by atoms with Crippen molar-refractivity contribution in [3.63, 3.8) is 0 Å². The predicted molar refractivity (Wildman–Crippen MR) is 102 cm³/mol. The molecule has 1 atom stereocenters. The van der Waals surface area contributed by atoms with Gasteiger partial charge in [-0.05, 0) is 17.7 Å². The zero-order chi connectivity index (χ0) is 19.2. The van der Waals surface area contributed by atoms with E-state index in [0.29, 0.717) is 31.1 Å². The number of amides is 2. The summed E-state index contributed by atoms with van der Waals surface area (Å²) < 4.78 is 10.9. The van der Waals surface area contributed by atoms with E-state index in [1.165, 1.54) is 4.90 Å². The highest BCUT2D eigenvalue weighted by Gasteiger charge is 2.37. The van der Waals surface area contributed by atoms with Gasteiger partial charge in [0.2, 0.25) is 11.8 Å². The van der Waals surface area contributed by atoms with E-state index < -0.39 is 6.04 Å². The third-order valence-corrected chi connectivity index (χ3v) is 4.64. The Morgan fingerprint density at radius 3 is 2.52 bits per heavy atom. The molecule has 0 radical (unpaired) electrons. The molecule has 1 heterocycles. The van der Waals surface area contributed by atoms with Gasteiger partial charge in [0.05, 0.1) is 20.2 Å². The Balaban J connectivity index is 1.68. The number of carbonyl (C=O) groups excluding carboxylic acids is 2. The van der Waals surface area contributed by atoms with E-state index in [9.17, 15) is 9.59 Å². The highest BCUT2D eigenvalue weighted by atomic mass is 16.5. The minimum atomic E-state index is -0.507. The lowest BCUT2D eigenvalue weighted by Crippen LogP contribution is -2.60. The molecule has 0 bridgehead atoms. The fourth-order valence-corrected chi connectivity index (χ4v) is 3.20. The summed E-state index contributed by atoms with van der Waals surface area (Å²) in [5.74, 6) is 1.27. The summed E-state index contributed by atoms with van der Waals surface area (Å²) in [6.45, 7) is 0.762. The Kier molecular flexibility index (Phi) is 5.96. The SMILES string of the molecule is COc1cccc(OCCN2C(=O)CN(C)C(=O)[C@@H]2Cc2ccccc2)c1. The molecule has 2 aromatic rings. The molecule has 1 saturated heterocycles. The summed E-state index contributed by atoms with van der Waals surface area (Å²) in [5.41, 5.74) is 1.03. The molecule has 1 aliphatic rings. The van der Waals surface area contributed by atoms with Crippen molar-refractivity contribution in [3.05, 3.63) is 60.2 Å². The van der Waals surface area contributed by atoms with Crippen molar-refractivity contribution in [3.8, 4) is 11.5 Å². The number of rotatable bonds is 7. The molecular weight excluding hydrogens is 344 g/mol. The summed E-state index contributed by atoms with van der Waals surface area (Å²) in [6.07, 6.45) is 0.495. The van der Waals surface area contributed by atoms with E-state index in [-0.39, 0.29) is 18.4 Å². The lowest BCUT2D eigenvalue weighted by molar-refractivity contribution is -0.154. The van der Waals surface area contributed by atoms with Crippen molar-refractivity contribution in [1.29, 1.82) is 0 Å². The van der Waals surface area contributed by atoms with Crippen LogP contribution in [0.3, 0.4) is 0 Å². The van der Waals surface area contributed by atoms with Gasteiger partial charge in [0, 0.05) is 19.5 Å². The summed E-state index contributed by atoms with van der Waals surface area (Å²) in [4.78, 5) is 28.4. The van der Waals surface area contributed by atoms with Crippen LogP contribution in [-0.4, -0.2) is 61.5 Å². The van der Waals surface area contributed by atoms with Gasteiger partial charge in [-0.2, -0.15) is 0 Å². The molecule has 0 aromatic heterocycles. The Labute approximate surface area is 159 Å². The molecule has 0 spiro atoms. The smallest absolute Gasteiger partial charge is 0.245 e. The molecule has 0 saturated carbocycles. The maximum atomic E-state index is 12.7. The van der Waals surface area contributed by atoms with E-state index >= 15 is 0 Å².